The van der Waals surface area contributed by atoms with Crippen molar-refractivity contribution in [3.8, 4) is 0 Å². The van der Waals surface area contributed by atoms with Gasteiger partial charge in [-0.2, -0.15) is 0 Å². The number of rotatable bonds is 6. The summed E-state index contributed by atoms with van der Waals surface area (Å²) in [5, 5.41) is 2.94. The van der Waals surface area contributed by atoms with Crippen molar-refractivity contribution in [2.24, 2.45) is 5.92 Å². The first-order chi connectivity index (χ1) is 11.0. The summed E-state index contributed by atoms with van der Waals surface area (Å²) < 4.78 is 26.0. The second-order valence-corrected chi connectivity index (χ2v) is 6.62. The Morgan fingerprint density at radius 2 is 2.00 bits per heavy atom. The fourth-order valence-corrected chi connectivity index (χ4v) is 2.90. The second-order valence-electron chi connectivity index (χ2n) is 6.62. The Balaban J connectivity index is 1.69. The Morgan fingerprint density at radius 1 is 1.30 bits per heavy atom. The molecule has 1 fully saturated rings. The molecule has 2 rings (SSSR count). The monoisotopic (exact) mass is 324 g/mol. The second kappa shape index (κ2) is 8.39. The average molecular weight is 324 g/mol. The first kappa shape index (κ1) is 17.9. The Kier molecular flexibility index (Phi) is 6.51. The minimum atomic E-state index is -0.865. The van der Waals surface area contributed by atoms with Crippen molar-refractivity contribution < 1.29 is 13.6 Å². The summed E-state index contributed by atoms with van der Waals surface area (Å²) in [4.78, 5) is 14.3. The van der Waals surface area contributed by atoms with E-state index in [0.717, 1.165) is 31.1 Å². The van der Waals surface area contributed by atoms with Gasteiger partial charge in [0.1, 0.15) is 0 Å². The van der Waals surface area contributed by atoms with Crippen LogP contribution in [0.2, 0.25) is 0 Å². The summed E-state index contributed by atoms with van der Waals surface area (Å²) in [6.45, 7) is 7.22. The zero-order valence-corrected chi connectivity index (χ0v) is 13.9. The molecule has 0 aromatic heterocycles. The third-order valence-corrected chi connectivity index (χ3v) is 4.66. The Hall–Kier alpha value is -1.49. The SMILES string of the molecule is CC1CCN(C(C)CNC(=O)CCc2ccc(F)c(F)c2)CC1. The number of hydrogen-bond acceptors (Lipinski definition) is 2. The fourth-order valence-electron chi connectivity index (χ4n) is 2.90. The van der Waals surface area contributed by atoms with E-state index in [0.29, 0.717) is 24.6 Å². The van der Waals surface area contributed by atoms with E-state index in [1.807, 2.05) is 0 Å². The van der Waals surface area contributed by atoms with Crippen molar-refractivity contribution >= 4 is 5.91 Å². The zero-order chi connectivity index (χ0) is 16.8. The molecule has 1 atom stereocenters. The van der Waals surface area contributed by atoms with Crippen LogP contribution >= 0.6 is 0 Å². The molecule has 23 heavy (non-hydrogen) atoms. The largest absolute Gasteiger partial charge is 0.355 e. The number of nitrogens with zero attached hydrogens (tertiary/aromatic N) is 1. The van der Waals surface area contributed by atoms with Gasteiger partial charge in [-0.25, -0.2) is 8.78 Å². The average Bonchev–Trinajstić information content (AvgIpc) is 2.54. The topological polar surface area (TPSA) is 32.3 Å². The highest BCUT2D eigenvalue weighted by atomic mass is 19.2. The first-order valence-electron chi connectivity index (χ1n) is 8.40. The summed E-state index contributed by atoms with van der Waals surface area (Å²) in [5.41, 5.74) is 0.636. The molecule has 1 unspecified atom stereocenters. The van der Waals surface area contributed by atoms with Gasteiger partial charge in [-0.3, -0.25) is 9.69 Å². The van der Waals surface area contributed by atoms with Gasteiger partial charge < -0.3 is 5.32 Å². The smallest absolute Gasteiger partial charge is 0.220 e. The van der Waals surface area contributed by atoms with Gasteiger partial charge in [0.05, 0.1) is 0 Å². The van der Waals surface area contributed by atoms with Crippen LogP contribution in [-0.2, 0) is 11.2 Å². The van der Waals surface area contributed by atoms with Crippen LogP contribution in [0, 0.1) is 17.6 Å². The highest BCUT2D eigenvalue weighted by Crippen LogP contribution is 2.17. The van der Waals surface area contributed by atoms with Gasteiger partial charge in [-0.15, -0.1) is 0 Å². The summed E-state index contributed by atoms with van der Waals surface area (Å²) >= 11 is 0. The number of halogens is 2. The maximum absolute atomic E-state index is 13.1. The molecule has 1 aromatic carbocycles. The molecule has 1 amide bonds. The molecule has 0 bridgehead atoms. The highest BCUT2D eigenvalue weighted by Gasteiger charge is 2.20. The molecule has 1 aliphatic heterocycles. The molecule has 0 spiro atoms. The van der Waals surface area contributed by atoms with Gasteiger partial charge in [-0.1, -0.05) is 13.0 Å². The summed E-state index contributed by atoms with van der Waals surface area (Å²) in [5.74, 6) is -0.977. The molecule has 0 saturated carbocycles. The molecule has 0 radical (unpaired) electrons. The van der Waals surface area contributed by atoms with Gasteiger partial charge in [0.25, 0.3) is 0 Å². The summed E-state index contributed by atoms with van der Waals surface area (Å²) in [6.07, 6.45) is 3.14. The van der Waals surface area contributed by atoms with Crippen LogP contribution in [0.3, 0.4) is 0 Å². The molecular weight excluding hydrogens is 298 g/mol. The molecule has 5 heteroatoms. The minimum Gasteiger partial charge on any atom is -0.355 e. The number of benzene rings is 1. The lowest BCUT2D eigenvalue weighted by molar-refractivity contribution is -0.121. The molecule has 1 N–H and O–H groups in total. The lowest BCUT2D eigenvalue weighted by Crippen LogP contribution is -2.45. The Morgan fingerprint density at radius 3 is 2.65 bits per heavy atom. The van der Waals surface area contributed by atoms with E-state index in [1.165, 1.54) is 18.9 Å². The van der Waals surface area contributed by atoms with Crippen LogP contribution < -0.4 is 5.32 Å². The van der Waals surface area contributed by atoms with Crippen molar-refractivity contribution in [3.05, 3.63) is 35.4 Å². The summed E-state index contributed by atoms with van der Waals surface area (Å²) in [6, 6.07) is 4.10. The Labute approximate surface area is 137 Å². The van der Waals surface area contributed by atoms with Crippen LogP contribution in [-0.4, -0.2) is 36.5 Å². The van der Waals surface area contributed by atoms with E-state index < -0.39 is 11.6 Å². The molecule has 1 heterocycles. The van der Waals surface area contributed by atoms with Crippen molar-refractivity contribution in [2.45, 2.75) is 45.6 Å². The number of carbonyl (C=O) groups is 1. The van der Waals surface area contributed by atoms with Crippen molar-refractivity contribution in [1.29, 1.82) is 0 Å². The number of aryl methyl sites for hydroxylation is 1. The standard InChI is InChI=1S/C18H26F2N2O/c1-13-7-9-22(10-8-13)14(2)12-21-18(23)6-4-15-3-5-16(19)17(20)11-15/h3,5,11,13-14H,4,6-10,12H2,1-2H3,(H,21,23). The molecule has 1 aromatic rings. The summed E-state index contributed by atoms with van der Waals surface area (Å²) in [7, 11) is 0. The van der Waals surface area contributed by atoms with E-state index in [9.17, 15) is 13.6 Å². The fraction of sp³-hybridized carbons (Fsp3) is 0.611. The van der Waals surface area contributed by atoms with Gasteiger partial charge in [0.15, 0.2) is 11.6 Å². The molecule has 3 nitrogen and oxygen atoms in total. The van der Waals surface area contributed by atoms with Crippen LogP contribution in [0.4, 0.5) is 8.78 Å². The van der Waals surface area contributed by atoms with Crippen LogP contribution in [0.25, 0.3) is 0 Å². The number of likely N-dealkylation sites (tertiary alicyclic amines) is 1. The molecular formula is C18H26F2N2O. The van der Waals surface area contributed by atoms with Gasteiger partial charge >= 0.3 is 0 Å². The van der Waals surface area contributed by atoms with Gasteiger partial charge in [0, 0.05) is 19.0 Å². The first-order valence-corrected chi connectivity index (χ1v) is 8.40. The minimum absolute atomic E-state index is 0.0491. The molecule has 0 aliphatic carbocycles. The number of piperidine rings is 1. The molecule has 1 aliphatic rings. The number of carbonyl (C=O) groups excluding carboxylic acids is 1. The van der Waals surface area contributed by atoms with Gasteiger partial charge in [-0.05, 0) is 62.9 Å². The van der Waals surface area contributed by atoms with E-state index in [-0.39, 0.29) is 12.3 Å². The van der Waals surface area contributed by atoms with Crippen LogP contribution in [0.1, 0.15) is 38.7 Å². The molecule has 128 valence electrons. The van der Waals surface area contributed by atoms with E-state index in [4.69, 9.17) is 0 Å². The third-order valence-electron chi connectivity index (χ3n) is 4.66. The number of amides is 1. The quantitative estimate of drug-likeness (QED) is 0.872. The predicted molar refractivity (Wildman–Crippen MR) is 87.1 cm³/mol. The van der Waals surface area contributed by atoms with E-state index in [2.05, 4.69) is 24.1 Å². The van der Waals surface area contributed by atoms with Crippen LogP contribution in [0.5, 0.6) is 0 Å². The Bertz CT molecular complexity index is 528. The third kappa shape index (κ3) is 5.57. The lowest BCUT2D eigenvalue weighted by atomic mass is 9.98. The van der Waals surface area contributed by atoms with Gasteiger partial charge in [0.2, 0.25) is 5.91 Å². The van der Waals surface area contributed by atoms with Crippen molar-refractivity contribution in [1.82, 2.24) is 10.2 Å². The zero-order valence-electron chi connectivity index (χ0n) is 13.9. The van der Waals surface area contributed by atoms with Crippen molar-refractivity contribution in [2.75, 3.05) is 19.6 Å². The maximum atomic E-state index is 13.1. The normalized spacial score (nSPS) is 17.9. The van der Waals surface area contributed by atoms with E-state index in [1.54, 1.807) is 0 Å². The molecule has 1 saturated heterocycles. The van der Waals surface area contributed by atoms with Crippen molar-refractivity contribution in [3.63, 3.8) is 0 Å². The lowest BCUT2D eigenvalue weighted by Gasteiger charge is -2.35. The maximum Gasteiger partial charge on any atom is 0.220 e. The number of hydrogen-bond donors (Lipinski definition) is 1. The highest BCUT2D eigenvalue weighted by molar-refractivity contribution is 5.76. The number of nitrogens with one attached hydrogen (secondary N) is 1. The predicted octanol–water partition coefficient (Wildman–Crippen LogP) is 3.13. The van der Waals surface area contributed by atoms with E-state index >= 15 is 0 Å². The van der Waals surface area contributed by atoms with Crippen LogP contribution in [0.15, 0.2) is 18.2 Å².